The lowest BCUT2D eigenvalue weighted by Crippen LogP contribution is -2.45. The summed E-state index contributed by atoms with van der Waals surface area (Å²) >= 11 is 0. The van der Waals surface area contributed by atoms with Crippen LogP contribution >= 0.6 is 0 Å². The number of anilines is 2. The third kappa shape index (κ3) is 3.76. The van der Waals surface area contributed by atoms with Gasteiger partial charge in [0, 0.05) is 31.1 Å². The maximum Gasteiger partial charge on any atom is 0.163 e. The molecule has 2 aliphatic rings. The Morgan fingerprint density at radius 1 is 1.17 bits per heavy atom. The molecule has 1 saturated heterocycles. The quantitative estimate of drug-likeness (QED) is 0.708. The lowest BCUT2D eigenvalue weighted by Gasteiger charge is -2.33. The van der Waals surface area contributed by atoms with Gasteiger partial charge in [0.25, 0.3) is 0 Å². The molecular weight excluding hydrogens is 387 g/mol. The molecule has 0 amide bonds. The summed E-state index contributed by atoms with van der Waals surface area (Å²) in [4.78, 5) is 11.0. The number of aryl methyl sites for hydroxylation is 1. The molecule has 0 bridgehead atoms. The Labute approximate surface area is 173 Å². The van der Waals surface area contributed by atoms with Crippen molar-refractivity contribution in [1.29, 1.82) is 0 Å². The minimum absolute atomic E-state index is 0.0664. The number of aromatic nitrogens is 2. The molecular formula is C22H23FN4O3. The van der Waals surface area contributed by atoms with E-state index in [0.717, 1.165) is 38.2 Å². The third-order valence-corrected chi connectivity index (χ3v) is 5.43. The van der Waals surface area contributed by atoms with Crippen LogP contribution in [-0.4, -0.2) is 60.4 Å². The van der Waals surface area contributed by atoms with E-state index in [1.54, 1.807) is 25.1 Å². The summed E-state index contributed by atoms with van der Waals surface area (Å²) in [6.45, 7) is 6.29. The van der Waals surface area contributed by atoms with Crippen molar-refractivity contribution < 1.29 is 18.6 Å². The van der Waals surface area contributed by atoms with Crippen molar-refractivity contribution in [3.05, 3.63) is 48.0 Å². The zero-order valence-corrected chi connectivity index (χ0v) is 16.7. The Morgan fingerprint density at radius 3 is 2.90 bits per heavy atom. The van der Waals surface area contributed by atoms with Crippen molar-refractivity contribution >= 4 is 22.4 Å². The van der Waals surface area contributed by atoms with E-state index in [-0.39, 0.29) is 11.9 Å². The normalized spacial score (nSPS) is 19.1. The molecule has 30 heavy (non-hydrogen) atoms. The summed E-state index contributed by atoms with van der Waals surface area (Å²) in [6, 6.07) is 8.93. The van der Waals surface area contributed by atoms with E-state index in [1.165, 1.54) is 6.33 Å². The second kappa shape index (κ2) is 8.04. The summed E-state index contributed by atoms with van der Waals surface area (Å²) < 4.78 is 32.1. The fourth-order valence-electron chi connectivity index (χ4n) is 3.80. The molecule has 156 valence electrons. The second-order valence-corrected chi connectivity index (χ2v) is 7.56. The standard InChI is InChI=1S/C22H23FN4O3/c1-14-3-2-4-17(21(14)23)26-22-16-9-20-19(10-18(16)24-13-25-22)29-12-15(30-20)11-27-5-7-28-8-6-27/h2-4,9-10,13,15H,5-8,11-12H2,1H3,(H,24,25,26)/t15-/m1/s1. The zero-order chi connectivity index (χ0) is 20.5. The van der Waals surface area contributed by atoms with Crippen LogP contribution in [-0.2, 0) is 4.74 Å². The molecule has 1 N–H and O–H groups in total. The van der Waals surface area contributed by atoms with Crippen LogP contribution in [0.3, 0.4) is 0 Å². The maximum absolute atomic E-state index is 14.5. The summed E-state index contributed by atoms with van der Waals surface area (Å²) in [7, 11) is 0. The lowest BCUT2D eigenvalue weighted by atomic mass is 10.1. The summed E-state index contributed by atoms with van der Waals surface area (Å²) in [5, 5.41) is 3.84. The van der Waals surface area contributed by atoms with Crippen LogP contribution in [0.2, 0.25) is 0 Å². The van der Waals surface area contributed by atoms with Crippen molar-refractivity contribution in [2.75, 3.05) is 44.8 Å². The van der Waals surface area contributed by atoms with E-state index in [2.05, 4.69) is 20.2 Å². The lowest BCUT2D eigenvalue weighted by molar-refractivity contribution is 0.00322. The van der Waals surface area contributed by atoms with E-state index in [4.69, 9.17) is 14.2 Å². The highest BCUT2D eigenvalue weighted by atomic mass is 19.1. The van der Waals surface area contributed by atoms with Gasteiger partial charge in [-0.3, -0.25) is 4.90 Å². The van der Waals surface area contributed by atoms with Gasteiger partial charge in [-0.1, -0.05) is 12.1 Å². The van der Waals surface area contributed by atoms with Gasteiger partial charge in [-0.15, -0.1) is 0 Å². The minimum atomic E-state index is -0.299. The van der Waals surface area contributed by atoms with E-state index >= 15 is 0 Å². The van der Waals surface area contributed by atoms with Gasteiger partial charge in [0.2, 0.25) is 0 Å². The van der Waals surface area contributed by atoms with Crippen LogP contribution < -0.4 is 14.8 Å². The first-order valence-electron chi connectivity index (χ1n) is 10.1. The molecule has 3 heterocycles. The average Bonchev–Trinajstić information content (AvgIpc) is 2.76. The Hall–Kier alpha value is -2.97. The maximum atomic E-state index is 14.5. The predicted molar refractivity (Wildman–Crippen MR) is 111 cm³/mol. The first-order chi connectivity index (χ1) is 14.7. The van der Waals surface area contributed by atoms with Gasteiger partial charge in [0.05, 0.1) is 24.4 Å². The Morgan fingerprint density at radius 2 is 2.03 bits per heavy atom. The highest BCUT2D eigenvalue weighted by molar-refractivity contribution is 5.93. The number of benzene rings is 2. The molecule has 0 saturated carbocycles. The molecule has 2 aromatic carbocycles. The van der Waals surface area contributed by atoms with Crippen molar-refractivity contribution in [2.24, 2.45) is 0 Å². The summed E-state index contributed by atoms with van der Waals surface area (Å²) in [6.07, 6.45) is 1.39. The zero-order valence-electron chi connectivity index (χ0n) is 16.7. The number of hydrogen-bond donors (Lipinski definition) is 1. The third-order valence-electron chi connectivity index (χ3n) is 5.43. The largest absolute Gasteiger partial charge is 0.486 e. The van der Waals surface area contributed by atoms with E-state index in [9.17, 15) is 4.39 Å². The van der Waals surface area contributed by atoms with Gasteiger partial charge in [-0.25, -0.2) is 14.4 Å². The molecule has 8 heteroatoms. The highest BCUT2D eigenvalue weighted by Crippen LogP contribution is 2.38. The monoisotopic (exact) mass is 410 g/mol. The van der Waals surface area contributed by atoms with Crippen LogP contribution in [0.5, 0.6) is 11.5 Å². The van der Waals surface area contributed by atoms with E-state index in [0.29, 0.717) is 40.7 Å². The van der Waals surface area contributed by atoms with Crippen molar-refractivity contribution in [2.45, 2.75) is 13.0 Å². The molecule has 2 aliphatic heterocycles. The summed E-state index contributed by atoms with van der Waals surface area (Å²) in [5.74, 6) is 1.53. The highest BCUT2D eigenvalue weighted by Gasteiger charge is 2.25. The SMILES string of the molecule is Cc1cccc(Nc2ncnc3cc4c(cc23)O[C@H](CN2CCOCC2)CO4)c1F. The predicted octanol–water partition coefficient (Wildman–Crippen LogP) is 3.29. The fraction of sp³-hybridized carbons (Fsp3) is 0.364. The van der Waals surface area contributed by atoms with Gasteiger partial charge >= 0.3 is 0 Å². The van der Waals surface area contributed by atoms with Crippen molar-refractivity contribution in [3.63, 3.8) is 0 Å². The van der Waals surface area contributed by atoms with Gasteiger partial charge in [0.1, 0.15) is 30.7 Å². The van der Waals surface area contributed by atoms with Crippen LogP contribution in [0.1, 0.15) is 5.56 Å². The van der Waals surface area contributed by atoms with Gasteiger partial charge in [0.15, 0.2) is 11.5 Å². The van der Waals surface area contributed by atoms with Crippen LogP contribution in [0.25, 0.3) is 10.9 Å². The molecule has 1 atom stereocenters. The van der Waals surface area contributed by atoms with Gasteiger partial charge in [-0.05, 0) is 24.6 Å². The van der Waals surface area contributed by atoms with E-state index < -0.39 is 0 Å². The molecule has 1 fully saturated rings. The first kappa shape index (κ1) is 19.0. The van der Waals surface area contributed by atoms with Crippen LogP contribution in [0, 0.1) is 12.7 Å². The smallest absolute Gasteiger partial charge is 0.163 e. The van der Waals surface area contributed by atoms with Crippen LogP contribution in [0.4, 0.5) is 15.9 Å². The molecule has 7 nitrogen and oxygen atoms in total. The number of halogens is 1. The number of morpholine rings is 1. The molecule has 5 rings (SSSR count). The first-order valence-corrected chi connectivity index (χ1v) is 10.1. The molecule has 0 unspecified atom stereocenters. The number of nitrogens with one attached hydrogen (secondary N) is 1. The van der Waals surface area contributed by atoms with Crippen LogP contribution in [0.15, 0.2) is 36.7 Å². The van der Waals surface area contributed by atoms with Crippen molar-refractivity contribution in [3.8, 4) is 11.5 Å². The number of nitrogens with zero attached hydrogens (tertiary/aromatic N) is 3. The van der Waals surface area contributed by atoms with E-state index in [1.807, 2.05) is 12.1 Å². The number of hydrogen-bond acceptors (Lipinski definition) is 7. The molecule has 0 spiro atoms. The Balaban J connectivity index is 1.42. The van der Waals surface area contributed by atoms with Gasteiger partial charge < -0.3 is 19.5 Å². The summed E-state index contributed by atoms with van der Waals surface area (Å²) in [5.41, 5.74) is 1.64. The molecule has 0 radical (unpaired) electrons. The Kier molecular flexibility index (Phi) is 5.10. The van der Waals surface area contributed by atoms with Gasteiger partial charge in [-0.2, -0.15) is 0 Å². The Bertz CT molecular complexity index is 1070. The topological polar surface area (TPSA) is 68.7 Å². The number of rotatable bonds is 4. The minimum Gasteiger partial charge on any atom is -0.486 e. The van der Waals surface area contributed by atoms with Crippen molar-refractivity contribution in [1.82, 2.24) is 14.9 Å². The fourth-order valence-corrected chi connectivity index (χ4v) is 3.80. The number of fused-ring (bicyclic) bond motifs is 2. The number of ether oxygens (including phenoxy) is 3. The average molecular weight is 410 g/mol. The molecule has 0 aliphatic carbocycles. The molecule has 1 aromatic heterocycles. The molecule has 3 aromatic rings. The second-order valence-electron chi connectivity index (χ2n) is 7.56.